The van der Waals surface area contributed by atoms with Crippen LogP contribution >= 0.6 is 0 Å². The predicted molar refractivity (Wildman–Crippen MR) is 90.8 cm³/mol. The Morgan fingerprint density at radius 1 is 1.22 bits per heavy atom. The minimum absolute atomic E-state index is 0.0718. The van der Waals surface area contributed by atoms with Gasteiger partial charge in [0.1, 0.15) is 0 Å². The molecule has 0 aliphatic heterocycles. The van der Waals surface area contributed by atoms with E-state index in [0.717, 1.165) is 48.0 Å². The van der Waals surface area contributed by atoms with Crippen LogP contribution in [0.1, 0.15) is 52.9 Å². The number of aliphatic hydroxyl groups is 2. The Morgan fingerprint density at radius 3 is 2.57 bits per heavy atom. The van der Waals surface area contributed by atoms with E-state index in [9.17, 15) is 15.0 Å². The highest BCUT2D eigenvalue weighted by Gasteiger charge is 2.51. The van der Waals surface area contributed by atoms with Gasteiger partial charge in [-0.25, -0.2) is 0 Å². The topological polar surface area (TPSA) is 57.5 Å². The van der Waals surface area contributed by atoms with E-state index < -0.39 is 18.1 Å². The first-order valence-electron chi connectivity index (χ1n) is 8.72. The van der Waals surface area contributed by atoms with Crippen molar-refractivity contribution in [3.8, 4) is 0 Å². The molecule has 0 unspecified atom stereocenters. The molecule has 3 heteroatoms. The second kappa shape index (κ2) is 5.71. The maximum absolute atomic E-state index is 13.1. The zero-order chi connectivity index (χ0) is 16.9. The third-order valence-corrected chi connectivity index (χ3v) is 6.24. The number of hydrogen-bond acceptors (Lipinski definition) is 3. The number of fused-ring (bicyclic) bond motifs is 2. The summed E-state index contributed by atoms with van der Waals surface area (Å²) in [7, 11) is 0. The molecule has 3 bridgehead atoms. The van der Waals surface area contributed by atoms with Gasteiger partial charge in [-0.2, -0.15) is 0 Å². The van der Waals surface area contributed by atoms with E-state index in [1.165, 1.54) is 0 Å². The zero-order valence-corrected chi connectivity index (χ0v) is 14.4. The van der Waals surface area contributed by atoms with Crippen LogP contribution in [0.3, 0.4) is 0 Å². The molecule has 0 aromatic carbocycles. The Labute approximate surface area is 138 Å². The van der Waals surface area contributed by atoms with Gasteiger partial charge in [0, 0.05) is 5.57 Å². The van der Waals surface area contributed by atoms with Crippen molar-refractivity contribution in [2.45, 2.75) is 65.1 Å². The molecule has 3 rings (SSSR count). The zero-order valence-electron chi connectivity index (χ0n) is 14.4. The Hall–Kier alpha value is -1.19. The summed E-state index contributed by atoms with van der Waals surface area (Å²) in [6.07, 6.45) is 4.64. The monoisotopic (exact) mass is 316 g/mol. The summed E-state index contributed by atoms with van der Waals surface area (Å²) in [6.45, 7) is 10.3. The quantitative estimate of drug-likeness (QED) is 0.674. The van der Waals surface area contributed by atoms with Crippen molar-refractivity contribution < 1.29 is 15.0 Å². The third-order valence-electron chi connectivity index (χ3n) is 6.24. The Balaban J connectivity index is 2.10. The first kappa shape index (κ1) is 16.7. The van der Waals surface area contributed by atoms with Crippen molar-refractivity contribution in [1.82, 2.24) is 0 Å². The van der Waals surface area contributed by atoms with Crippen LogP contribution in [-0.4, -0.2) is 28.2 Å². The average molecular weight is 316 g/mol. The van der Waals surface area contributed by atoms with Crippen LogP contribution in [0.25, 0.3) is 0 Å². The van der Waals surface area contributed by atoms with Gasteiger partial charge in [-0.05, 0) is 55.9 Å². The Morgan fingerprint density at radius 2 is 1.87 bits per heavy atom. The van der Waals surface area contributed by atoms with Crippen LogP contribution in [0.15, 0.2) is 34.9 Å². The molecule has 0 spiro atoms. The van der Waals surface area contributed by atoms with Gasteiger partial charge in [-0.3, -0.25) is 4.79 Å². The molecule has 0 radical (unpaired) electrons. The second-order valence-corrected chi connectivity index (χ2v) is 8.12. The molecule has 0 fully saturated rings. The number of Topliss-reactive ketones (excluding diaryl/α,β-unsaturated/α-hetero) is 1. The first-order valence-corrected chi connectivity index (χ1v) is 8.72. The van der Waals surface area contributed by atoms with Crippen LogP contribution in [0.4, 0.5) is 0 Å². The lowest BCUT2D eigenvalue weighted by Gasteiger charge is -2.40. The summed E-state index contributed by atoms with van der Waals surface area (Å²) in [5, 5.41) is 21.0. The summed E-state index contributed by atoms with van der Waals surface area (Å²) in [5.74, 6) is -0.0170. The van der Waals surface area contributed by atoms with E-state index in [-0.39, 0.29) is 11.2 Å². The van der Waals surface area contributed by atoms with E-state index in [1.54, 1.807) is 6.08 Å². The van der Waals surface area contributed by atoms with Gasteiger partial charge < -0.3 is 10.2 Å². The van der Waals surface area contributed by atoms with E-state index in [2.05, 4.69) is 20.4 Å². The second-order valence-electron chi connectivity index (χ2n) is 8.12. The molecule has 0 aromatic rings. The molecule has 0 saturated carbocycles. The molecule has 126 valence electrons. The molecular weight excluding hydrogens is 288 g/mol. The number of rotatable bonds is 0. The van der Waals surface area contributed by atoms with Gasteiger partial charge in [0.25, 0.3) is 0 Å². The Bertz CT molecular complexity index is 608. The number of aliphatic hydroxyl groups excluding tert-OH is 2. The van der Waals surface area contributed by atoms with Crippen LogP contribution < -0.4 is 0 Å². The highest BCUT2D eigenvalue weighted by Crippen LogP contribution is 2.53. The summed E-state index contributed by atoms with van der Waals surface area (Å²) < 4.78 is 0. The average Bonchev–Trinajstić information content (AvgIpc) is 2.69. The summed E-state index contributed by atoms with van der Waals surface area (Å²) in [4.78, 5) is 13.1. The molecular formula is C20H28O3. The van der Waals surface area contributed by atoms with Gasteiger partial charge in [0.2, 0.25) is 0 Å². The van der Waals surface area contributed by atoms with E-state index in [1.807, 2.05) is 6.92 Å². The fraction of sp³-hybridized carbons (Fsp3) is 0.650. The minimum atomic E-state index is -0.717. The normalized spacial score (nSPS) is 39.8. The lowest BCUT2D eigenvalue weighted by atomic mass is 9.63. The molecule has 0 heterocycles. The van der Waals surface area contributed by atoms with Gasteiger partial charge in [-0.15, -0.1) is 0 Å². The highest BCUT2D eigenvalue weighted by atomic mass is 16.3. The Kier molecular flexibility index (Phi) is 4.14. The number of ketones is 1. The maximum atomic E-state index is 13.1. The molecule has 0 aromatic heterocycles. The number of allylic oxidation sites excluding steroid dienone is 1. The van der Waals surface area contributed by atoms with Crippen LogP contribution in [0.2, 0.25) is 0 Å². The summed E-state index contributed by atoms with van der Waals surface area (Å²) >= 11 is 0. The molecule has 3 aliphatic rings. The fourth-order valence-corrected chi connectivity index (χ4v) is 4.91. The highest BCUT2D eigenvalue weighted by molar-refractivity contribution is 6.04. The lowest BCUT2D eigenvalue weighted by molar-refractivity contribution is -0.120. The van der Waals surface area contributed by atoms with Crippen molar-refractivity contribution >= 4 is 5.78 Å². The van der Waals surface area contributed by atoms with Crippen molar-refractivity contribution in [2.75, 3.05) is 0 Å². The fourth-order valence-electron chi connectivity index (χ4n) is 4.91. The van der Waals surface area contributed by atoms with Crippen molar-refractivity contribution in [3.05, 3.63) is 34.9 Å². The van der Waals surface area contributed by atoms with E-state index >= 15 is 0 Å². The standard InChI is InChI=1S/C20H28O3/c1-11-5-6-13-7-8-15-17(20(13,3)4)19(23)16(18(15)22)12(2)10-14(21)9-11/h10,13-14,16,18,21-22H,1,5-9H2,2-4H3/b12-10+/t13-,14+,16+,18+/m1/s1. The van der Waals surface area contributed by atoms with Crippen LogP contribution in [0.5, 0.6) is 0 Å². The van der Waals surface area contributed by atoms with E-state index in [0.29, 0.717) is 12.3 Å². The molecule has 23 heavy (non-hydrogen) atoms. The number of hydrogen-bond donors (Lipinski definition) is 2. The van der Waals surface area contributed by atoms with Gasteiger partial charge >= 0.3 is 0 Å². The van der Waals surface area contributed by atoms with E-state index in [4.69, 9.17) is 0 Å². The molecule has 2 N–H and O–H groups in total. The molecule has 0 amide bonds. The maximum Gasteiger partial charge on any atom is 0.169 e. The van der Waals surface area contributed by atoms with Crippen LogP contribution in [0, 0.1) is 17.3 Å². The molecule has 0 saturated heterocycles. The molecule has 3 aliphatic carbocycles. The van der Waals surface area contributed by atoms with Gasteiger partial charge in [0.15, 0.2) is 5.78 Å². The third kappa shape index (κ3) is 2.64. The minimum Gasteiger partial charge on any atom is -0.389 e. The van der Waals surface area contributed by atoms with Crippen molar-refractivity contribution in [1.29, 1.82) is 0 Å². The van der Waals surface area contributed by atoms with Crippen molar-refractivity contribution in [2.24, 2.45) is 17.3 Å². The smallest absolute Gasteiger partial charge is 0.169 e. The van der Waals surface area contributed by atoms with Crippen molar-refractivity contribution in [3.63, 3.8) is 0 Å². The first-order chi connectivity index (χ1) is 10.7. The SMILES string of the molecule is C=C1CC[C@@H]2CCC3=C(C(=O)[C@@H](/C(C)=C/[C@@H](O)C1)[C@H]3O)C2(C)C. The van der Waals surface area contributed by atoms with Gasteiger partial charge in [0.05, 0.1) is 18.1 Å². The summed E-state index contributed by atoms with van der Waals surface area (Å²) in [6, 6.07) is 0. The largest absolute Gasteiger partial charge is 0.389 e. The molecule has 4 atom stereocenters. The lowest BCUT2D eigenvalue weighted by Crippen LogP contribution is -2.33. The number of carbonyl (C=O) groups excluding carboxylic acids is 1. The predicted octanol–water partition coefficient (Wildman–Crippen LogP) is 3.33. The summed E-state index contributed by atoms with van der Waals surface area (Å²) in [5.41, 5.74) is 3.46. The number of carbonyl (C=O) groups is 1. The molecule has 3 nitrogen and oxygen atoms in total. The van der Waals surface area contributed by atoms with Crippen LogP contribution in [-0.2, 0) is 4.79 Å². The van der Waals surface area contributed by atoms with Gasteiger partial charge in [-0.1, -0.05) is 37.6 Å².